The van der Waals surface area contributed by atoms with Crippen LogP contribution in [0.3, 0.4) is 0 Å². The molecule has 0 unspecified atom stereocenters. The van der Waals surface area contributed by atoms with Crippen LogP contribution in [0, 0.1) is 5.41 Å². The minimum atomic E-state index is -0.00103. The van der Waals surface area contributed by atoms with E-state index in [0.717, 1.165) is 16.8 Å². The van der Waals surface area contributed by atoms with E-state index in [4.69, 9.17) is 16.9 Å². The van der Waals surface area contributed by atoms with Gasteiger partial charge in [0.2, 0.25) is 5.91 Å². The zero-order valence-corrected chi connectivity index (χ0v) is 16.2. The van der Waals surface area contributed by atoms with Gasteiger partial charge in [0.05, 0.1) is 6.54 Å². The summed E-state index contributed by atoms with van der Waals surface area (Å²) in [6.45, 7) is 5.12. The Hall–Kier alpha value is -3.09. The number of nitrogens with one attached hydrogen (secondary N) is 1. The maximum Gasteiger partial charge on any atom is 0.219 e. The molecule has 1 amide bonds. The minimum Gasteiger partial charge on any atom is -0.404 e. The van der Waals surface area contributed by atoms with Crippen LogP contribution in [0.25, 0.3) is 5.57 Å². The van der Waals surface area contributed by atoms with Gasteiger partial charge in [0.1, 0.15) is 5.84 Å². The SMILES string of the molecule is CCN(C(=N)C1=C(N)CCN(C(C)=O)C1)c1ccc(C(C=NC)=CN)cc1. The Morgan fingerprint density at radius 1 is 1.37 bits per heavy atom. The van der Waals surface area contributed by atoms with Crippen molar-refractivity contribution in [2.75, 3.05) is 31.6 Å². The fourth-order valence-corrected chi connectivity index (χ4v) is 3.09. The Labute approximate surface area is 160 Å². The Kier molecular flexibility index (Phi) is 6.76. The highest BCUT2D eigenvalue weighted by atomic mass is 16.2. The molecule has 7 nitrogen and oxygen atoms in total. The molecule has 0 saturated heterocycles. The molecule has 0 atom stereocenters. The number of hydrogen-bond acceptors (Lipinski definition) is 5. The molecule has 0 saturated carbocycles. The van der Waals surface area contributed by atoms with Crippen LogP contribution >= 0.6 is 0 Å². The van der Waals surface area contributed by atoms with Gasteiger partial charge in [-0.1, -0.05) is 12.1 Å². The number of nitrogens with two attached hydrogens (primary N) is 2. The number of allylic oxidation sites excluding steroid dienone is 1. The van der Waals surface area contributed by atoms with Crippen LogP contribution in [0.1, 0.15) is 25.8 Å². The first-order chi connectivity index (χ1) is 12.9. The van der Waals surface area contributed by atoms with Gasteiger partial charge in [-0.3, -0.25) is 15.2 Å². The molecule has 1 aromatic rings. The summed E-state index contributed by atoms with van der Waals surface area (Å²) < 4.78 is 0. The van der Waals surface area contributed by atoms with Crippen molar-refractivity contribution in [2.45, 2.75) is 20.3 Å². The van der Waals surface area contributed by atoms with Crippen LogP contribution in [0.2, 0.25) is 0 Å². The van der Waals surface area contributed by atoms with Crippen molar-refractivity contribution < 1.29 is 4.79 Å². The van der Waals surface area contributed by atoms with Crippen molar-refractivity contribution >= 4 is 29.2 Å². The van der Waals surface area contributed by atoms with E-state index in [9.17, 15) is 4.79 Å². The number of amidine groups is 1. The fraction of sp³-hybridized carbons (Fsp3) is 0.350. The van der Waals surface area contributed by atoms with Crippen LogP contribution in [-0.4, -0.2) is 49.5 Å². The third kappa shape index (κ3) is 4.55. The zero-order chi connectivity index (χ0) is 20.0. The van der Waals surface area contributed by atoms with Gasteiger partial charge in [0.25, 0.3) is 0 Å². The first-order valence-electron chi connectivity index (χ1n) is 8.96. The van der Waals surface area contributed by atoms with E-state index in [1.54, 1.807) is 25.1 Å². The second-order valence-corrected chi connectivity index (χ2v) is 6.34. The quantitative estimate of drug-likeness (QED) is 0.545. The summed E-state index contributed by atoms with van der Waals surface area (Å²) >= 11 is 0. The van der Waals surface area contributed by atoms with E-state index in [1.807, 2.05) is 36.1 Å². The Morgan fingerprint density at radius 2 is 2.04 bits per heavy atom. The molecule has 0 radical (unpaired) electrons. The summed E-state index contributed by atoms with van der Waals surface area (Å²) in [4.78, 5) is 19.3. The van der Waals surface area contributed by atoms with Gasteiger partial charge in [-0.25, -0.2) is 0 Å². The third-order valence-corrected chi connectivity index (χ3v) is 4.67. The summed E-state index contributed by atoms with van der Waals surface area (Å²) in [5.74, 6) is 0.331. The largest absolute Gasteiger partial charge is 0.404 e. The first kappa shape index (κ1) is 20.2. The molecule has 0 aromatic heterocycles. The molecule has 0 aliphatic carbocycles. The monoisotopic (exact) mass is 368 g/mol. The lowest BCUT2D eigenvalue weighted by Gasteiger charge is -2.33. The second-order valence-electron chi connectivity index (χ2n) is 6.34. The van der Waals surface area contributed by atoms with Gasteiger partial charge in [-0.2, -0.15) is 0 Å². The summed E-state index contributed by atoms with van der Waals surface area (Å²) in [6, 6.07) is 7.80. The Bertz CT molecular complexity index is 791. The van der Waals surface area contributed by atoms with E-state index in [0.29, 0.717) is 43.2 Å². The lowest BCUT2D eigenvalue weighted by molar-refractivity contribution is -0.128. The molecule has 1 aliphatic heterocycles. The fourth-order valence-electron chi connectivity index (χ4n) is 3.09. The molecule has 1 heterocycles. The average Bonchev–Trinajstić information content (AvgIpc) is 2.67. The van der Waals surface area contributed by atoms with E-state index in [-0.39, 0.29) is 5.91 Å². The molecule has 0 spiro atoms. The number of nitrogens with zero attached hydrogens (tertiary/aromatic N) is 3. The molecule has 5 N–H and O–H groups in total. The number of anilines is 1. The molecule has 1 aliphatic rings. The van der Waals surface area contributed by atoms with Gasteiger partial charge in [0.15, 0.2) is 0 Å². The van der Waals surface area contributed by atoms with E-state index >= 15 is 0 Å². The number of carbonyl (C=O) groups is 1. The van der Waals surface area contributed by atoms with Gasteiger partial charge < -0.3 is 21.3 Å². The summed E-state index contributed by atoms with van der Waals surface area (Å²) in [5.41, 5.74) is 15.9. The van der Waals surface area contributed by atoms with Crippen LogP contribution in [0.4, 0.5) is 5.69 Å². The van der Waals surface area contributed by atoms with Crippen molar-refractivity contribution in [2.24, 2.45) is 16.5 Å². The van der Waals surface area contributed by atoms with Crippen LogP contribution in [0.15, 0.2) is 46.7 Å². The predicted molar refractivity (Wildman–Crippen MR) is 112 cm³/mol. The highest BCUT2D eigenvalue weighted by Crippen LogP contribution is 2.23. The molecule has 2 rings (SSSR count). The summed E-state index contributed by atoms with van der Waals surface area (Å²) in [6.07, 6.45) is 3.82. The highest BCUT2D eigenvalue weighted by Gasteiger charge is 2.25. The van der Waals surface area contributed by atoms with Crippen molar-refractivity contribution in [1.29, 1.82) is 5.41 Å². The standard InChI is InChI=1S/C20H28N6O/c1-4-26(17-7-5-15(6-8-17)16(11-21)12-24-3)20(23)18-13-25(14(2)27)10-9-19(18)22/h5-8,11-12,23H,4,9-10,13,21-22H2,1-3H3. The average molecular weight is 368 g/mol. The topological polar surface area (TPSA) is 112 Å². The number of benzene rings is 1. The first-order valence-corrected chi connectivity index (χ1v) is 8.96. The third-order valence-electron chi connectivity index (χ3n) is 4.67. The maximum atomic E-state index is 11.7. The van der Waals surface area contributed by atoms with E-state index < -0.39 is 0 Å². The van der Waals surface area contributed by atoms with Crippen LogP contribution in [0.5, 0.6) is 0 Å². The van der Waals surface area contributed by atoms with Gasteiger partial charge >= 0.3 is 0 Å². The number of hydrogen-bond donors (Lipinski definition) is 3. The maximum absolute atomic E-state index is 11.7. The number of carbonyl (C=O) groups excluding carboxylic acids is 1. The minimum absolute atomic E-state index is 0.00103. The van der Waals surface area contributed by atoms with E-state index in [1.165, 1.54) is 6.20 Å². The van der Waals surface area contributed by atoms with Gasteiger partial charge in [-0.05, 0) is 24.6 Å². The molecule has 0 bridgehead atoms. The number of amides is 1. The van der Waals surface area contributed by atoms with Crippen LogP contribution in [-0.2, 0) is 4.79 Å². The number of rotatable bonds is 5. The summed E-state index contributed by atoms with van der Waals surface area (Å²) in [5, 5.41) is 8.68. The lowest BCUT2D eigenvalue weighted by Crippen LogP contribution is -2.43. The molecular weight excluding hydrogens is 340 g/mol. The Morgan fingerprint density at radius 3 is 2.56 bits per heavy atom. The normalized spacial score (nSPS) is 15.4. The molecule has 27 heavy (non-hydrogen) atoms. The summed E-state index contributed by atoms with van der Waals surface area (Å²) in [7, 11) is 1.70. The van der Waals surface area contributed by atoms with Crippen molar-refractivity contribution in [3.63, 3.8) is 0 Å². The number of aliphatic imine (C=N–C) groups is 1. The van der Waals surface area contributed by atoms with Crippen molar-refractivity contribution in [1.82, 2.24) is 4.90 Å². The smallest absolute Gasteiger partial charge is 0.219 e. The Balaban J connectivity index is 2.28. The molecule has 144 valence electrons. The van der Waals surface area contributed by atoms with Crippen molar-refractivity contribution in [3.8, 4) is 0 Å². The lowest BCUT2D eigenvalue weighted by atomic mass is 10.0. The predicted octanol–water partition coefficient (Wildman–Crippen LogP) is 1.96. The second kappa shape index (κ2) is 9.02. The highest BCUT2D eigenvalue weighted by molar-refractivity contribution is 6.10. The van der Waals surface area contributed by atoms with Crippen molar-refractivity contribution in [3.05, 3.63) is 47.3 Å². The number of likely N-dealkylation sites (N-methyl/N-ethyl adjacent to an activating group) is 1. The van der Waals surface area contributed by atoms with Gasteiger partial charge in [0, 0.05) is 68.4 Å². The zero-order valence-electron chi connectivity index (χ0n) is 16.2. The molecule has 1 aromatic carbocycles. The molecule has 0 fully saturated rings. The molecular formula is C20H28N6O. The van der Waals surface area contributed by atoms with Crippen LogP contribution < -0.4 is 16.4 Å². The van der Waals surface area contributed by atoms with Gasteiger partial charge in [-0.15, -0.1) is 0 Å². The molecule has 7 heteroatoms. The van der Waals surface area contributed by atoms with E-state index in [2.05, 4.69) is 4.99 Å².